The van der Waals surface area contributed by atoms with Crippen LogP contribution >= 0.6 is 0 Å². The first-order valence-electron chi connectivity index (χ1n) is 7.21. The lowest BCUT2D eigenvalue weighted by atomic mass is 10.0. The molecule has 19 heavy (non-hydrogen) atoms. The highest BCUT2D eigenvalue weighted by Gasteiger charge is 2.30. The fourth-order valence-electron chi connectivity index (χ4n) is 3.21. The molecule has 2 rings (SSSR count). The number of nitrogens with two attached hydrogens (primary N) is 1. The van der Waals surface area contributed by atoms with E-state index in [1.54, 1.807) is 0 Å². The maximum atomic E-state index is 8.96. The van der Waals surface area contributed by atoms with Gasteiger partial charge in [0, 0.05) is 12.6 Å². The van der Waals surface area contributed by atoms with E-state index < -0.39 is 0 Å². The zero-order valence-electron chi connectivity index (χ0n) is 11.7. The smallest absolute Gasteiger partial charge is 0.0991 e. The molecule has 0 radical (unpaired) electrons. The fraction of sp³-hybridized carbons (Fsp3) is 0.562. The van der Waals surface area contributed by atoms with Gasteiger partial charge in [-0.3, -0.25) is 4.90 Å². The molecule has 1 aromatic rings. The van der Waals surface area contributed by atoms with E-state index in [0.29, 0.717) is 12.0 Å². The first-order chi connectivity index (χ1) is 9.28. The lowest BCUT2D eigenvalue weighted by molar-refractivity contribution is 0.162. The van der Waals surface area contributed by atoms with Gasteiger partial charge in [-0.05, 0) is 49.5 Å². The average Bonchev–Trinajstić information content (AvgIpc) is 2.93. The van der Waals surface area contributed by atoms with Gasteiger partial charge in [-0.15, -0.1) is 0 Å². The maximum absolute atomic E-state index is 8.96. The van der Waals surface area contributed by atoms with Crippen LogP contribution in [0.3, 0.4) is 0 Å². The second-order valence-electron chi connectivity index (χ2n) is 5.37. The van der Waals surface area contributed by atoms with Crippen LogP contribution in [0.5, 0.6) is 0 Å². The number of nitrogens with zero attached hydrogens (tertiary/aromatic N) is 2. The van der Waals surface area contributed by atoms with Crippen LogP contribution in [0.25, 0.3) is 0 Å². The first kappa shape index (κ1) is 14.0. The first-order valence-corrected chi connectivity index (χ1v) is 7.21. The topological polar surface area (TPSA) is 53.0 Å². The summed E-state index contributed by atoms with van der Waals surface area (Å²) < 4.78 is 0. The zero-order chi connectivity index (χ0) is 13.7. The Bertz CT molecular complexity index is 450. The number of benzene rings is 1. The molecule has 2 unspecified atom stereocenters. The normalized spacial score (nSPS) is 22.6. The Labute approximate surface area is 116 Å². The summed E-state index contributed by atoms with van der Waals surface area (Å²) in [6.45, 7) is 4.96. The SMILES string of the molecule is CCN(Cc1cccc(C#N)c1)C1CCCC1CN. The van der Waals surface area contributed by atoms with Crippen molar-refractivity contribution in [2.45, 2.75) is 38.8 Å². The molecule has 0 amide bonds. The molecule has 0 aromatic heterocycles. The van der Waals surface area contributed by atoms with E-state index in [-0.39, 0.29) is 0 Å². The highest BCUT2D eigenvalue weighted by molar-refractivity contribution is 5.32. The predicted molar refractivity (Wildman–Crippen MR) is 77.4 cm³/mol. The molecule has 2 N–H and O–H groups in total. The van der Waals surface area contributed by atoms with Gasteiger partial charge in [-0.2, -0.15) is 5.26 Å². The summed E-state index contributed by atoms with van der Waals surface area (Å²) in [7, 11) is 0. The maximum Gasteiger partial charge on any atom is 0.0991 e. The summed E-state index contributed by atoms with van der Waals surface area (Å²) in [6, 6.07) is 10.8. The van der Waals surface area contributed by atoms with Crippen molar-refractivity contribution >= 4 is 0 Å². The average molecular weight is 257 g/mol. The summed E-state index contributed by atoms with van der Waals surface area (Å²) in [4.78, 5) is 2.51. The van der Waals surface area contributed by atoms with Gasteiger partial charge in [0.2, 0.25) is 0 Å². The van der Waals surface area contributed by atoms with Crippen LogP contribution in [0.15, 0.2) is 24.3 Å². The largest absolute Gasteiger partial charge is 0.330 e. The van der Waals surface area contributed by atoms with Gasteiger partial charge in [-0.1, -0.05) is 25.5 Å². The number of nitriles is 1. The van der Waals surface area contributed by atoms with Crippen LogP contribution < -0.4 is 5.73 Å². The Morgan fingerprint density at radius 2 is 2.26 bits per heavy atom. The van der Waals surface area contributed by atoms with Crippen LogP contribution in [0, 0.1) is 17.2 Å². The van der Waals surface area contributed by atoms with Gasteiger partial charge in [-0.25, -0.2) is 0 Å². The van der Waals surface area contributed by atoms with Crippen molar-refractivity contribution in [3.05, 3.63) is 35.4 Å². The third kappa shape index (κ3) is 3.34. The summed E-state index contributed by atoms with van der Waals surface area (Å²) in [6.07, 6.45) is 3.81. The molecule has 0 aliphatic heterocycles. The second-order valence-corrected chi connectivity index (χ2v) is 5.37. The molecular weight excluding hydrogens is 234 g/mol. The highest BCUT2D eigenvalue weighted by atomic mass is 15.2. The minimum absolute atomic E-state index is 0.612. The third-order valence-corrected chi connectivity index (χ3v) is 4.24. The summed E-state index contributed by atoms with van der Waals surface area (Å²) in [5.74, 6) is 0.638. The Morgan fingerprint density at radius 3 is 2.95 bits per heavy atom. The minimum Gasteiger partial charge on any atom is -0.330 e. The minimum atomic E-state index is 0.612. The van der Waals surface area contributed by atoms with Gasteiger partial charge in [0.05, 0.1) is 11.6 Å². The molecule has 3 nitrogen and oxygen atoms in total. The Kier molecular flexibility index (Phi) is 4.95. The van der Waals surface area contributed by atoms with Crippen molar-refractivity contribution in [2.75, 3.05) is 13.1 Å². The fourth-order valence-corrected chi connectivity index (χ4v) is 3.21. The lowest BCUT2D eigenvalue weighted by Gasteiger charge is -2.31. The summed E-state index contributed by atoms with van der Waals surface area (Å²) in [5, 5.41) is 8.96. The molecule has 1 saturated carbocycles. The molecular formula is C16H23N3. The van der Waals surface area contributed by atoms with E-state index in [4.69, 9.17) is 11.0 Å². The van der Waals surface area contributed by atoms with Crippen molar-refractivity contribution in [2.24, 2.45) is 11.7 Å². The molecule has 0 bridgehead atoms. The van der Waals surface area contributed by atoms with Crippen LogP contribution in [0.2, 0.25) is 0 Å². The molecule has 1 aromatic carbocycles. The van der Waals surface area contributed by atoms with Gasteiger partial charge >= 0.3 is 0 Å². The van der Waals surface area contributed by atoms with E-state index in [0.717, 1.165) is 25.2 Å². The Balaban J connectivity index is 2.08. The molecule has 1 aliphatic rings. The van der Waals surface area contributed by atoms with E-state index in [2.05, 4.69) is 24.0 Å². The summed E-state index contributed by atoms with van der Waals surface area (Å²) in [5.41, 5.74) is 7.86. The van der Waals surface area contributed by atoms with Gasteiger partial charge in [0.25, 0.3) is 0 Å². The molecule has 1 aliphatic carbocycles. The second kappa shape index (κ2) is 6.70. The Morgan fingerprint density at radius 1 is 1.42 bits per heavy atom. The number of rotatable bonds is 5. The molecule has 3 heteroatoms. The third-order valence-electron chi connectivity index (χ3n) is 4.24. The van der Waals surface area contributed by atoms with Gasteiger partial charge < -0.3 is 5.73 Å². The van der Waals surface area contributed by atoms with Crippen molar-refractivity contribution in [3.8, 4) is 6.07 Å². The monoisotopic (exact) mass is 257 g/mol. The van der Waals surface area contributed by atoms with E-state index in [1.165, 1.54) is 24.8 Å². The molecule has 102 valence electrons. The highest BCUT2D eigenvalue weighted by Crippen LogP contribution is 2.30. The molecule has 0 heterocycles. The Hall–Kier alpha value is -1.37. The molecule has 1 fully saturated rings. The molecule has 0 saturated heterocycles. The lowest BCUT2D eigenvalue weighted by Crippen LogP contribution is -2.39. The molecule has 0 spiro atoms. The van der Waals surface area contributed by atoms with Gasteiger partial charge in [0.1, 0.15) is 0 Å². The van der Waals surface area contributed by atoms with Crippen LogP contribution in [0.1, 0.15) is 37.3 Å². The predicted octanol–water partition coefficient (Wildman–Crippen LogP) is 2.51. The van der Waals surface area contributed by atoms with E-state index in [9.17, 15) is 0 Å². The molecule has 2 atom stereocenters. The quantitative estimate of drug-likeness (QED) is 0.881. The number of hydrogen-bond acceptors (Lipinski definition) is 3. The van der Waals surface area contributed by atoms with E-state index in [1.807, 2.05) is 18.2 Å². The number of hydrogen-bond donors (Lipinski definition) is 1. The summed E-state index contributed by atoms with van der Waals surface area (Å²) >= 11 is 0. The van der Waals surface area contributed by atoms with Crippen molar-refractivity contribution in [3.63, 3.8) is 0 Å². The van der Waals surface area contributed by atoms with Crippen LogP contribution in [-0.2, 0) is 6.54 Å². The van der Waals surface area contributed by atoms with E-state index >= 15 is 0 Å². The zero-order valence-corrected chi connectivity index (χ0v) is 11.7. The van der Waals surface area contributed by atoms with Crippen molar-refractivity contribution in [1.29, 1.82) is 5.26 Å². The van der Waals surface area contributed by atoms with Crippen molar-refractivity contribution in [1.82, 2.24) is 4.90 Å². The van der Waals surface area contributed by atoms with Crippen molar-refractivity contribution < 1.29 is 0 Å². The van der Waals surface area contributed by atoms with Gasteiger partial charge in [0.15, 0.2) is 0 Å². The standard InChI is InChI=1S/C16H23N3/c1-2-19(16-8-4-7-15(16)11-18)12-14-6-3-5-13(9-14)10-17/h3,5-6,9,15-16H,2,4,7-8,11-12,18H2,1H3. The van der Waals surface area contributed by atoms with Crippen LogP contribution in [-0.4, -0.2) is 24.0 Å². The van der Waals surface area contributed by atoms with Crippen LogP contribution in [0.4, 0.5) is 0 Å².